The molecule has 2 heterocycles. The van der Waals surface area contributed by atoms with Crippen LogP contribution in [0.15, 0.2) is 6.07 Å². The minimum atomic E-state index is -0.798. The summed E-state index contributed by atoms with van der Waals surface area (Å²) in [6.45, 7) is 4.90. The van der Waals surface area contributed by atoms with Gasteiger partial charge in [0.05, 0.1) is 19.3 Å². The number of amides is 1. The van der Waals surface area contributed by atoms with Gasteiger partial charge in [-0.3, -0.25) is 9.48 Å². The van der Waals surface area contributed by atoms with Crippen molar-refractivity contribution < 1.29 is 23.9 Å². The molecule has 142 valence electrons. The zero-order chi connectivity index (χ0) is 18.7. The summed E-state index contributed by atoms with van der Waals surface area (Å²) in [6.07, 6.45) is 3.59. The molecule has 26 heavy (non-hydrogen) atoms. The quantitative estimate of drug-likeness (QED) is 0.584. The summed E-state index contributed by atoms with van der Waals surface area (Å²) in [5.74, 6) is -1.33. The number of hydrogen-bond acceptors (Lipinski definition) is 6. The van der Waals surface area contributed by atoms with Crippen LogP contribution < -0.4 is 0 Å². The topological polar surface area (TPSA) is 90.7 Å². The second-order valence-corrected chi connectivity index (χ2v) is 6.64. The molecule has 2 aliphatic rings. The fourth-order valence-electron chi connectivity index (χ4n) is 3.33. The van der Waals surface area contributed by atoms with Crippen LogP contribution in [0.4, 0.5) is 0 Å². The largest absolute Gasteiger partial charge is 0.461 e. The number of nitrogens with zero attached hydrogens (tertiary/aromatic N) is 3. The van der Waals surface area contributed by atoms with Gasteiger partial charge in [0.1, 0.15) is 0 Å². The van der Waals surface area contributed by atoms with Crippen LogP contribution >= 0.6 is 0 Å². The monoisotopic (exact) mass is 363 g/mol. The highest BCUT2D eigenvalue weighted by Gasteiger charge is 2.34. The summed E-state index contributed by atoms with van der Waals surface area (Å²) < 4.78 is 11.8. The van der Waals surface area contributed by atoms with Crippen molar-refractivity contribution in [3.8, 4) is 0 Å². The summed E-state index contributed by atoms with van der Waals surface area (Å²) in [6, 6.07) is 1.95. The van der Waals surface area contributed by atoms with Gasteiger partial charge in [0.25, 0.3) is 0 Å². The third-order valence-electron chi connectivity index (χ3n) is 4.79. The van der Waals surface area contributed by atoms with E-state index in [-0.39, 0.29) is 12.6 Å². The van der Waals surface area contributed by atoms with E-state index in [9.17, 15) is 14.4 Å². The molecule has 1 amide bonds. The van der Waals surface area contributed by atoms with E-state index >= 15 is 0 Å². The molecule has 3 rings (SSSR count). The number of ether oxygens (including phenoxy) is 2. The van der Waals surface area contributed by atoms with Crippen molar-refractivity contribution in [1.29, 1.82) is 0 Å². The van der Waals surface area contributed by atoms with Crippen LogP contribution in [-0.2, 0) is 19.1 Å². The molecular weight excluding hydrogens is 338 g/mol. The molecule has 8 nitrogen and oxygen atoms in total. The van der Waals surface area contributed by atoms with E-state index in [1.54, 1.807) is 13.8 Å². The van der Waals surface area contributed by atoms with Crippen molar-refractivity contribution in [2.75, 3.05) is 26.3 Å². The van der Waals surface area contributed by atoms with Crippen molar-refractivity contribution in [3.05, 3.63) is 17.5 Å². The number of hydrogen-bond donors (Lipinski definition) is 0. The fourth-order valence-corrected chi connectivity index (χ4v) is 3.33. The number of rotatable bonds is 5. The van der Waals surface area contributed by atoms with E-state index in [1.165, 1.54) is 4.90 Å². The molecule has 1 aromatic heterocycles. The van der Waals surface area contributed by atoms with E-state index in [2.05, 4.69) is 5.10 Å². The summed E-state index contributed by atoms with van der Waals surface area (Å²) in [7, 11) is 0. The lowest BCUT2D eigenvalue weighted by molar-refractivity contribution is -0.160. The maximum Gasteiger partial charge on any atom is 0.397 e. The van der Waals surface area contributed by atoms with Crippen molar-refractivity contribution in [1.82, 2.24) is 14.7 Å². The molecule has 2 fully saturated rings. The van der Waals surface area contributed by atoms with Gasteiger partial charge in [-0.25, -0.2) is 9.59 Å². The van der Waals surface area contributed by atoms with Gasteiger partial charge in [0.2, 0.25) is 0 Å². The van der Waals surface area contributed by atoms with Crippen LogP contribution in [0.25, 0.3) is 0 Å². The minimum absolute atomic E-state index is 0.111. The normalized spacial score (nSPS) is 17.8. The number of carbonyl (C=O) groups is 3. The molecular formula is C18H25N3O5. The SMILES string of the molecule is CCOC(=O)C(=O)N1CCC(n2nc(C(=O)OCC)cc2C2CC2)CC1. The Morgan fingerprint density at radius 2 is 1.73 bits per heavy atom. The zero-order valence-corrected chi connectivity index (χ0v) is 15.3. The molecule has 1 aliphatic heterocycles. The van der Waals surface area contributed by atoms with Gasteiger partial charge in [-0.15, -0.1) is 0 Å². The predicted molar refractivity (Wildman–Crippen MR) is 91.6 cm³/mol. The van der Waals surface area contributed by atoms with E-state index in [0.717, 1.165) is 18.5 Å². The number of carbonyl (C=O) groups excluding carboxylic acids is 3. The summed E-state index contributed by atoms with van der Waals surface area (Å²) >= 11 is 0. The van der Waals surface area contributed by atoms with Gasteiger partial charge < -0.3 is 14.4 Å². The summed E-state index contributed by atoms with van der Waals surface area (Å²) in [5.41, 5.74) is 1.42. The second-order valence-electron chi connectivity index (χ2n) is 6.64. The zero-order valence-electron chi connectivity index (χ0n) is 15.3. The standard InChI is InChI=1S/C18H25N3O5/c1-3-25-17(23)14-11-15(12-5-6-12)21(19-14)13-7-9-20(10-8-13)16(22)18(24)26-4-2/h11-13H,3-10H2,1-2H3. The molecule has 0 unspecified atom stereocenters. The smallest absolute Gasteiger partial charge is 0.397 e. The minimum Gasteiger partial charge on any atom is -0.461 e. The number of esters is 2. The molecule has 0 N–H and O–H groups in total. The van der Waals surface area contributed by atoms with Crippen molar-refractivity contribution in [2.45, 2.75) is 51.5 Å². The molecule has 0 radical (unpaired) electrons. The molecule has 1 saturated heterocycles. The molecule has 8 heteroatoms. The van der Waals surface area contributed by atoms with E-state index in [0.29, 0.717) is 44.1 Å². The fraction of sp³-hybridized carbons (Fsp3) is 0.667. The van der Waals surface area contributed by atoms with E-state index in [4.69, 9.17) is 9.47 Å². The number of piperidine rings is 1. The van der Waals surface area contributed by atoms with Crippen LogP contribution in [0.3, 0.4) is 0 Å². The average Bonchev–Trinajstić information content (AvgIpc) is 3.40. The lowest BCUT2D eigenvalue weighted by Gasteiger charge is -2.32. The summed E-state index contributed by atoms with van der Waals surface area (Å²) in [4.78, 5) is 37.2. The highest BCUT2D eigenvalue weighted by molar-refractivity contribution is 6.32. The lowest BCUT2D eigenvalue weighted by atomic mass is 10.0. The highest BCUT2D eigenvalue weighted by atomic mass is 16.5. The second kappa shape index (κ2) is 7.88. The van der Waals surface area contributed by atoms with Gasteiger partial charge >= 0.3 is 17.8 Å². The maximum absolute atomic E-state index is 12.0. The van der Waals surface area contributed by atoms with Crippen LogP contribution in [0.5, 0.6) is 0 Å². The lowest BCUT2D eigenvalue weighted by Crippen LogP contribution is -2.43. The Balaban J connectivity index is 1.68. The molecule has 0 spiro atoms. The van der Waals surface area contributed by atoms with Gasteiger partial charge in [-0.05, 0) is 45.6 Å². The van der Waals surface area contributed by atoms with Crippen LogP contribution in [0.1, 0.15) is 67.7 Å². The van der Waals surface area contributed by atoms with Gasteiger partial charge in [-0.2, -0.15) is 5.10 Å². The summed E-state index contributed by atoms with van der Waals surface area (Å²) in [5, 5.41) is 4.50. The number of likely N-dealkylation sites (tertiary alicyclic amines) is 1. The van der Waals surface area contributed by atoms with Gasteiger partial charge in [0.15, 0.2) is 5.69 Å². The highest BCUT2D eigenvalue weighted by Crippen LogP contribution is 2.42. The first-order valence-corrected chi connectivity index (χ1v) is 9.27. The Kier molecular flexibility index (Phi) is 5.58. The first-order chi connectivity index (χ1) is 12.5. The van der Waals surface area contributed by atoms with Crippen LogP contribution in [0, 0.1) is 0 Å². The Labute approximate surface area is 152 Å². The molecule has 1 saturated carbocycles. The average molecular weight is 363 g/mol. The van der Waals surface area contributed by atoms with Crippen molar-refractivity contribution in [2.24, 2.45) is 0 Å². The number of aromatic nitrogens is 2. The van der Waals surface area contributed by atoms with Gasteiger partial charge in [0, 0.05) is 24.7 Å². The van der Waals surface area contributed by atoms with Gasteiger partial charge in [-0.1, -0.05) is 0 Å². The third-order valence-corrected chi connectivity index (χ3v) is 4.79. The molecule has 0 bridgehead atoms. The maximum atomic E-state index is 12.0. The third kappa shape index (κ3) is 3.89. The van der Waals surface area contributed by atoms with Crippen molar-refractivity contribution in [3.63, 3.8) is 0 Å². The van der Waals surface area contributed by atoms with E-state index in [1.807, 2.05) is 10.7 Å². The molecule has 1 aromatic rings. The van der Waals surface area contributed by atoms with E-state index < -0.39 is 17.8 Å². The molecule has 1 aliphatic carbocycles. The van der Waals surface area contributed by atoms with Crippen LogP contribution in [0.2, 0.25) is 0 Å². The Morgan fingerprint density at radius 1 is 1.08 bits per heavy atom. The Bertz CT molecular complexity index is 687. The predicted octanol–water partition coefficient (Wildman–Crippen LogP) is 1.66. The Morgan fingerprint density at radius 3 is 2.31 bits per heavy atom. The first kappa shape index (κ1) is 18.4. The molecule has 0 atom stereocenters. The first-order valence-electron chi connectivity index (χ1n) is 9.27. The van der Waals surface area contributed by atoms with Crippen LogP contribution in [-0.4, -0.2) is 58.8 Å². The van der Waals surface area contributed by atoms with Crippen molar-refractivity contribution >= 4 is 17.8 Å². The molecule has 0 aromatic carbocycles. The Hall–Kier alpha value is -2.38.